The second-order valence-electron chi connectivity index (χ2n) is 5.80. The molecule has 2 aromatic rings. The molecule has 0 spiro atoms. The number of fused-ring (bicyclic) bond motifs is 1. The summed E-state index contributed by atoms with van der Waals surface area (Å²) in [6.45, 7) is 3.44. The summed E-state index contributed by atoms with van der Waals surface area (Å²) in [6, 6.07) is 4.71. The number of thioether (sulfide) groups is 1. The van der Waals surface area contributed by atoms with E-state index in [-0.39, 0.29) is 17.4 Å². The maximum absolute atomic E-state index is 14.0. The third kappa shape index (κ3) is 3.27. The van der Waals surface area contributed by atoms with Crippen LogP contribution in [0.5, 0.6) is 0 Å². The molecule has 0 saturated heterocycles. The van der Waals surface area contributed by atoms with E-state index in [2.05, 4.69) is 14.9 Å². The maximum atomic E-state index is 14.0. The van der Waals surface area contributed by atoms with Gasteiger partial charge in [-0.25, -0.2) is 9.37 Å². The van der Waals surface area contributed by atoms with Crippen LogP contribution in [0, 0.1) is 12.7 Å². The van der Waals surface area contributed by atoms with Gasteiger partial charge < -0.3 is 9.88 Å². The summed E-state index contributed by atoms with van der Waals surface area (Å²) in [5, 5.41) is 2.89. The van der Waals surface area contributed by atoms with E-state index in [1.54, 1.807) is 12.1 Å². The first-order valence-corrected chi connectivity index (χ1v) is 8.97. The molecule has 1 aliphatic rings. The second-order valence-corrected chi connectivity index (χ2v) is 6.65. The average molecular weight is 333 g/mol. The van der Waals surface area contributed by atoms with Crippen molar-refractivity contribution in [2.24, 2.45) is 0 Å². The molecular weight excluding hydrogens is 313 g/mol. The van der Waals surface area contributed by atoms with Gasteiger partial charge >= 0.3 is 0 Å². The smallest absolute Gasteiger partial charge is 0.255 e. The number of aromatic nitrogens is 2. The number of rotatable bonds is 4. The van der Waals surface area contributed by atoms with Gasteiger partial charge in [-0.1, -0.05) is 6.07 Å². The van der Waals surface area contributed by atoms with Crippen molar-refractivity contribution >= 4 is 17.7 Å². The molecule has 122 valence electrons. The monoisotopic (exact) mass is 333 g/mol. The zero-order valence-corrected chi connectivity index (χ0v) is 14.1. The predicted octanol–water partition coefficient (Wildman–Crippen LogP) is 3.36. The van der Waals surface area contributed by atoms with Crippen LogP contribution in [0.1, 0.15) is 40.6 Å². The summed E-state index contributed by atoms with van der Waals surface area (Å²) >= 11 is 1.37. The topological polar surface area (TPSA) is 46.9 Å². The Bertz CT molecular complexity index is 729. The number of carbonyl (C=O) groups excluding carboxylic acids is 1. The summed E-state index contributed by atoms with van der Waals surface area (Å²) in [4.78, 5) is 17.6. The second kappa shape index (κ2) is 6.74. The lowest BCUT2D eigenvalue weighted by Crippen LogP contribution is -2.32. The van der Waals surface area contributed by atoms with Crippen molar-refractivity contribution in [2.75, 3.05) is 12.8 Å². The Morgan fingerprint density at radius 2 is 2.35 bits per heavy atom. The summed E-state index contributed by atoms with van der Waals surface area (Å²) in [7, 11) is 0. The lowest BCUT2D eigenvalue weighted by atomic mass is 9.99. The van der Waals surface area contributed by atoms with E-state index in [4.69, 9.17) is 0 Å². The number of hydrogen-bond donors (Lipinski definition) is 1. The number of carbonyl (C=O) groups is 1. The van der Waals surface area contributed by atoms with Crippen molar-refractivity contribution in [1.82, 2.24) is 14.9 Å². The highest BCUT2D eigenvalue weighted by atomic mass is 32.2. The molecule has 0 radical (unpaired) electrons. The van der Waals surface area contributed by atoms with Gasteiger partial charge in [0, 0.05) is 30.1 Å². The number of aryl methyl sites for hydroxylation is 2. The van der Waals surface area contributed by atoms with E-state index < -0.39 is 5.82 Å². The highest BCUT2D eigenvalue weighted by Crippen LogP contribution is 2.27. The van der Waals surface area contributed by atoms with Crippen LogP contribution in [0.15, 0.2) is 29.3 Å². The van der Waals surface area contributed by atoms with E-state index in [0.29, 0.717) is 11.4 Å². The quantitative estimate of drug-likeness (QED) is 0.873. The van der Waals surface area contributed by atoms with Crippen molar-refractivity contribution in [1.29, 1.82) is 0 Å². The summed E-state index contributed by atoms with van der Waals surface area (Å²) in [5.41, 5.74) is 1.13. The number of amides is 1. The molecule has 0 fully saturated rings. The van der Waals surface area contributed by atoms with E-state index in [0.717, 1.165) is 30.9 Å². The van der Waals surface area contributed by atoms with Crippen molar-refractivity contribution in [2.45, 2.75) is 37.1 Å². The number of hydrogen-bond acceptors (Lipinski definition) is 3. The zero-order chi connectivity index (χ0) is 16.4. The Morgan fingerprint density at radius 1 is 1.52 bits per heavy atom. The number of imidazole rings is 1. The van der Waals surface area contributed by atoms with Gasteiger partial charge in [-0.05, 0) is 38.2 Å². The van der Waals surface area contributed by atoms with E-state index >= 15 is 0 Å². The van der Waals surface area contributed by atoms with E-state index in [1.807, 2.05) is 19.4 Å². The molecule has 1 N–H and O–H groups in total. The minimum absolute atomic E-state index is 0.135. The Balaban J connectivity index is 1.73. The van der Waals surface area contributed by atoms with Crippen LogP contribution in [-0.2, 0) is 6.54 Å². The predicted molar refractivity (Wildman–Crippen MR) is 89.5 cm³/mol. The van der Waals surface area contributed by atoms with Crippen LogP contribution in [0.2, 0.25) is 0 Å². The number of nitrogens with zero attached hydrogens (tertiary/aromatic N) is 2. The fourth-order valence-corrected chi connectivity index (χ4v) is 3.71. The molecule has 1 amide bonds. The van der Waals surface area contributed by atoms with Crippen LogP contribution in [-0.4, -0.2) is 28.3 Å². The summed E-state index contributed by atoms with van der Waals surface area (Å²) < 4.78 is 16.2. The molecule has 0 bridgehead atoms. The van der Waals surface area contributed by atoms with Crippen LogP contribution in [0.4, 0.5) is 4.39 Å². The Labute approximate surface area is 139 Å². The lowest BCUT2D eigenvalue weighted by molar-refractivity contribution is 0.0942. The average Bonchev–Trinajstić information content (AvgIpc) is 2.92. The lowest BCUT2D eigenvalue weighted by Gasteiger charge is -2.23. The maximum Gasteiger partial charge on any atom is 0.255 e. The molecule has 0 unspecified atom stereocenters. The fraction of sp³-hybridized carbons (Fsp3) is 0.412. The molecule has 1 aliphatic heterocycles. The van der Waals surface area contributed by atoms with Gasteiger partial charge in [-0.3, -0.25) is 4.79 Å². The molecule has 23 heavy (non-hydrogen) atoms. The third-order valence-electron chi connectivity index (χ3n) is 4.18. The van der Waals surface area contributed by atoms with Gasteiger partial charge in [0.05, 0.1) is 11.3 Å². The van der Waals surface area contributed by atoms with Crippen LogP contribution < -0.4 is 5.32 Å². The number of benzene rings is 1. The van der Waals surface area contributed by atoms with E-state index in [9.17, 15) is 9.18 Å². The van der Waals surface area contributed by atoms with Crippen molar-refractivity contribution in [3.05, 3.63) is 47.3 Å². The third-order valence-corrected chi connectivity index (χ3v) is 4.96. The fourth-order valence-electron chi connectivity index (χ4n) is 3.10. The van der Waals surface area contributed by atoms with E-state index in [1.165, 1.54) is 17.8 Å². The Morgan fingerprint density at radius 3 is 3.13 bits per heavy atom. The van der Waals surface area contributed by atoms with Crippen molar-refractivity contribution < 1.29 is 9.18 Å². The van der Waals surface area contributed by atoms with Gasteiger partial charge in [-0.2, -0.15) is 0 Å². The van der Waals surface area contributed by atoms with Gasteiger partial charge in [0.15, 0.2) is 0 Å². The Kier molecular flexibility index (Phi) is 4.71. The highest BCUT2D eigenvalue weighted by molar-refractivity contribution is 7.98. The largest absolute Gasteiger partial charge is 0.351 e. The number of halogens is 1. The first kappa shape index (κ1) is 16.1. The van der Waals surface area contributed by atoms with Crippen molar-refractivity contribution in [3.63, 3.8) is 0 Å². The van der Waals surface area contributed by atoms with Gasteiger partial charge in [0.2, 0.25) is 0 Å². The minimum Gasteiger partial charge on any atom is -0.351 e. The van der Waals surface area contributed by atoms with Gasteiger partial charge in [0.1, 0.15) is 11.6 Å². The Hall–Kier alpha value is -1.82. The molecule has 0 saturated carbocycles. The van der Waals surface area contributed by atoms with Gasteiger partial charge in [0.25, 0.3) is 5.91 Å². The molecule has 1 atom stereocenters. The summed E-state index contributed by atoms with van der Waals surface area (Å²) in [6.07, 6.45) is 5.95. The molecule has 1 aromatic heterocycles. The van der Waals surface area contributed by atoms with Gasteiger partial charge in [-0.15, -0.1) is 11.8 Å². The first-order chi connectivity index (χ1) is 11.1. The molecular formula is C17H20FN3OS. The molecule has 1 aromatic carbocycles. The summed E-state index contributed by atoms with van der Waals surface area (Å²) in [5.74, 6) is 0.377. The first-order valence-electron chi connectivity index (χ1n) is 7.74. The highest BCUT2D eigenvalue weighted by Gasteiger charge is 2.24. The SMILES string of the molecule is CSc1cccc(F)c1C(=O)NC[C@@H]1CCCn2cc(C)nc21. The molecule has 2 heterocycles. The molecule has 3 rings (SSSR count). The molecule has 4 nitrogen and oxygen atoms in total. The van der Waals surface area contributed by atoms with Crippen LogP contribution >= 0.6 is 11.8 Å². The standard InChI is InChI=1S/C17H20FN3OS/c1-11-10-21-8-4-5-12(16(21)20-11)9-19-17(22)15-13(18)6-3-7-14(15)23-2/h3,6-7,10,12H,4-5,8-9H2,1-2H3,(H,19,22)/t12-/m0/s1. The van der Waals surface area contributed by atoms with Crippen molar-refractivity contribution in [3.8, 4) is 0 Å². The van der Waals surface area contributed by atoms with Crippen LogP contribution in [0.25, 0.3) is 0 Å². The molecule has 0 aliphatic carbocycles. The minimum atomic E-state index is -0.477. The number of nitrogens with one attached hydrogen (secondary N) is 1. The zero-order valence-electron chi connectivity index (χ0n) is 13.3. The van der Waals surface area contributed by atoms with Crippen LogP contribution in [0.3, 0.4) is 0 Å². The normalized spacial score (nSPS) is 16.9. The molecule has 6 heteroatoms.